The van der Waals surface area contributed by atoms with Crippen molar-refractivity contribution in [1.82, 2.24) is 4.72 Å². The molecule has 0 atom stereocenters. The minimum absolute atomic E-state index is 0.0801. The molecule has 78 valence electrons. The normalized spacial score (nSPS) is 12.3. The standard InChI is InChI=1S/C5H16N2O2S.C2H6/c1-5(2)7-10(8,9)4-3-6;1-2/h5,7-9H,3-4,6H2,1-2H3;1-2H3. The third-order valence-corrected chi connectivity index (χ3v) is 2.48. The van der Waals surface area contributed by atoms with Crippen molar-refractivity contribution in [3.63, 3.8) is 0 Å². The first kappa shape index (κ1) is 14.7. The Kier molecular flexibility index (Phi) is 9.58. The zero-order valence-corrected chi connectivity index (χ0v) is 9.19. The number of nitrogens with two attached hydrogens (primary N) is 1. The van der Waals surface area contributed by atoms with Crippen molar-refractivity contribution in [1.29, 1.82) is 0 Å². The second-order valence-electron chi connectivity index (χ2n) is 2.43. The summed E-state index contributed by atoms with van der Waals surface area (Å²) in [5.41, 5.74) is 5.15. The van der Waals surface area contributed by atoms with Crippen LogP contribution in [0.15, 0.2) is 0 Å². The molecule has 12 heavy (non-hydrogen) atoms. The average molecular weight is 198 g/mol. The van der Waals surface area contributed by atoms with Crippen LogP contribution in [0.4, 0.5) is 0 Å². The molecule has 0 heterocycles. The fourth-order valence-electron chi connectivity index (χ4n) is 0.601. The van der Waals surface area contributed by atoms with Crippen LogP contribution in [0.2, 0.25) is 0 Å². The van der Waals surface area contributed by atoms with Gasteiger partial charge in [0.2, 0.25) is 0 Å². The second kappa shape index (κ2) is 7.82. The van der Waals surface area contributed by atoms with Gasteiger partial charge in [-0.1, -0.05) is 13.8 Å². The van der Waals surface area contributed by atoms with Crippen molar-refractivity contribution in [3.8, 4) is 0 Å². The van der Waals surface area contributed by atoms with Gasteiger partial charge < -0.3 is 5.73 Å². The van der Waals surface area contributed by atoms with Crippen molar-refractivity contribution >= 4 is 10.8 Å². The minimum Gasteiger partial charge on any atom is -0.329 e. The van der Waals surface area contributed by atoms with Crippen molar-refractivity contribution in [2.75, 3.05) is 12.3 Å². The van der Waals surface area contributed by atoms with E-state index >= 15 is 0 Å². The monoisotopic (exact) mass is 198 g/mol. The van der Waals surface area contributed by atoms with Crippen LogP contribution in [-0.4, -0.2) is 27.4 Å². The average Bonchev–Trinajstić information content (AvgIpc) is 1.88. The summed E-state index contributed by atoms with van der Waals surface area (Å²) in [6.45, 7) is 8.00. The quantitative estimate of drug-likeness (QED) is 0.553. The molecule has 0 radical (unpaired) electrons. The third-order valence-electron chi connectivity index (χ3n) is 0.827. The molecule has 0 aromatic rings. The van der Waals surface area contributed by atoms with E-state index < -0.39 is 10.8 Å². The summed E-state index contributed by atoms with van der Waals surface area (Å²) >= 11 is 0. The molecule has 0 saturated carbocycles. The summed E-state index contributed by atoms with van der Waals surface area (Å²) in [5, 5.41) is 0. The largest absolute Gasteiger partial charge is 0.329 e. The Bertz CT molecular complexity index is 99.4. The lowest BCUT2D eigenvalue weighted by Gasteiger charge is -2.34. The van der Waals surface area contributed by atoms with Crippen LogP contribution in [0.3, 0.4) is 0 Å². The SMILES string of the molecule is CC.CC(C)NS(O)(O)CCN. The molecule has 0 saturated heterocycles. The van der Waals surface area contributed by atoms with E-state index in [1.54, 1.807) is 0 Å². The third kappa shape index (κ3) is 10.2. The number of hydrogen-bond acceptors (Lipinski definition) is 4. The van der Waals surface area contributed by atoms with E-state index in [-0.39, 0.29) is 11.8 Å². The lowest BCUT2D eigenvalue weighted by atomic mass is 10.4. The zero-order chi connectivity index (χ0) is 10.2. The molecule has 0 aliphatic rings. The highest BCUT2D eigenvalue weighted by Crippen LogP contribution is 2.32. The smallest absolute Gasteiger partial charge is 0.0650 e. The van der Waals surface area contributed by atoms with Gasteiger partial charge in [-0.3, -0.25) is 9.11 Å². The van der Waals surface area contributed by atoms with E-state index in [9.17, 15) is 0 Å². The summed E-state index contributed by atoms with van der Waals surface area (Å²) in [7, 11) is -2.61. The van der Waals surface area contributed by atoms with Gasteiger partial charge in [-0.2, -0.15) is 0 Å². The van der Waals surface area contributed by atoms with Gasteiger partial charge in [0.05, 0.1) is 5.75 Å². The van der Waals surface area contributed by atoms with Gasteiger partial charge in [-0.25, -0.2) is 4.72 Å². The van der Waals surface area contributed by atoms with Crippen LogP contribution in [0, 0.1) is 0 Å². The van der Waals surface area contributed by atoms with E-state index in [2.05, 4.69) is 4.72 Å². The molecule has 0 aromatic heterocycles. The van der Waals surface area contributed by atoms with Gasteiger partial charge in [-0.15, -0.1) is 10.8 Å². The van der Waals surface area contributed by atoms with Crippen LogP contribution < -0.4 is 10.5 Å². The number of nitrogens with one attached hydrogen (secondary N) is 1. The molecule has 0 amide bonds. The van der Waals surface area contributed by atoms with Crippen LogP contribution in [-0.2, 0) is 0 Å². The highest BCUT2D eigenvalue weighted by molar-refractivity contribution is 8.22. The van der Waals surface area contributed by atoms with E-state index in [1.165, 1.54) is 0 Å². The summed E-state index contributed by atoms with van der Waals surface area (Å²) in [6.07, 6.45) is 0. The molecule has 4 nitrogen and oxygen atoms in total. The van der Waals surface area contributed by atoms with Crippen molar-refractivity contribution < 1.29 is 9.11 Å². The van der Waals surface area contributed by atoms with Gasteiger partial charge in [-0.05, 0) is 13.8 Å². The maximum atomic E-state index is 9.13. The van der Waals surface area contributed by atoms with Crippen LogP contribution >= 0.6 is 10.8 Å². The van der Waals surface area contributed by atoms with E-state index in [0.29, 0.717) is 6.54 Å². The Morgan fingerprint density at radius 1 is 1.33 bits per heavy atom. The van der Waals surface area contributed by atoms with Crippen LogP contribution in [0.1, 0.15) is 27.7 Å². The van der Waals surface area contributed by atoms with E-state index in [0.717, 1.165) is 0 Å². The van der Waals surface area contributed by atoms with Crippen LogP contribution in [0.25, 0.3) is 0 Å². The van der Waals surface area contributed by atoms with Crippen molar-refractivity contribution in [2.45, 2.75) is 33.7 Å². The summed E-state index contributed by atoms with van der Waals surface area (Å²) in [5.74, 6) is 0.227. The Hall–Kier alpha value is 0.190. The Labute approximate surface area is 77.0 Å². The number of rotatable bonds is 4. The minimum atomic E-state index is -2.61. The van der Waals surface area contributed by atoms with Gasteiger partial charge in [0, 0.05) is 12.6 Å². The topological polar surface area (TPSA) is 78.5 Å². The lowest BCUT2D eigenvalue weighted by Crippen LogP contribution is -2.30. The summed E-state index contributed by atoms with van der Waals surface area (Å²) in [6, 6.07) is 0.0801. The van der Waals surface area contributed by atoms with Crippen molar-refractivity contribution in [2.24, 2.45) is 5.73 Å². The highest BCUT2D eigenvalue weighted by atomic mass is 32.3. The predicted molar refractivity (Wildman–Crippen MR) is 56.4 cm³/mol. The molecule has 0 aliphatic heterocycles. The molecule has 0 fully saturated rings. The molecular weight excluding hydrogens is 176 g/mol. The maximum Gasteiger partial charge on any atom is 0.0650 e. The molecular formula is C7H22N2O2S. The Morgan fingerprint density at radius 3 is 2.00 bits per heavy atom. The molecule has 0 rings (SSSR count). The van der Waals surface area contributed by atoms with Gasteiger partial charge in [0.15, 0.2) is 0 Å². The van der Waals surface area contributed by atoms with E-state index in [4.69, 9.17) is 14.8 Å². The molecule has 0 unspecified atom stereocenters. The molecule has 0 aromatic carbocycles. The van der Waals surface area contributed by atoms with Gasteiger partial charge in [0.1, 0.15) is 0 Å². The first-order valence-electron chi connectivity index (χ1n) is 4.21. The van der Waals surface area contributed by atoms with Gasteiger partial charge >= 0.3 is 0 Å². The first-order valence-corrected chi connectivity index (χ1v) is 5.93. The highest BCUT2D eigenvalue weighted by Gasteiger charge is 2.10. The second-order valence-corrected chi connectivity index (χ2v) is 4.41. The first-order chi connectivity index (χ1) is 5.48. The molecule has 0 bridgehead atoms. The Morgan fingerprint density at radius 2 is 1.75 bits per heavy atom. The lowest BCUT2D eigenvalue weighted by molar-refractivity contribution is 0.461. The fourth-order valence-corrected chi connectivity index (χ4v) is 1.80. The molecule has 5 heteroatoms. The number of hydrogen-bond donors (Lipinski definition) is 4. The summed E-state index contributed by atoms with van der Waals surface area (Å²) in [4.78, 5) is 0. The Balaban J connectivity index is 0. The fraction of sp³-hybridized carbons (Fsp3) is 1.00. The zero-order valence-electron chi connectivity index (χ0n) is 8.37. The van der Waals surface area contributed by atoms with Crippen molar-refractivity contribution in [3.05, 3.63) is 0 Å². The molecule has 0 aliphatic carbocycles. The predicted octanol–water partition coefficient (Wildman–Crippen LogP) is 1.63. The maximum absolute atomic E-state index is 9.13. The summed E-state index contributed by atoms with van der Waals surface area (Å²) < 4.78 is 20.9. The van der Waals surface area contributed by atoms with Crippen LogP contribution in [0.5, 0.6) is 0 Å². The molecule has 5 N–H and O–H groups in total. The molecule has 0 spiro atoms. The van der Waals surface area contributed by atoms with Gasteiger partial charge in [0.25, 0.3) is 0 Å². The van der Waals surface area contributed by atoms with E-state index in [1.807, 2.05) is 27.7 Å².